The number of Topliss-reactive ketones (excluding diaryl/α,β-unsaturated/α-hetero) is 1. The third kappa shape index (κ3) is 1.14. The molecule has 3 nitrogen and oxygen atoms in total. The predicted octanol–water partition coefficient (Wildman–Crippen LogP) is 1.50. The second-order valence-electron chi connectivity index (χ2n) is 3.10. The first-order valence-corrected chi connectivity index (χ1v) is 6.30. The van der Waals surface area contributed by atoms with Crippen LogP contribution in [0.4, 0.5) is 0 Å². The molecule has 1 aromatic rings. The van der Waals surface area contributed by atoms with Crippen LogP contribution in [-0.2, 0) is 9.84 Å². The quantitative estimate of drug-likeness (QED) is 0.660. The zero-order valence-corrected chi connectivity index (χ0v) is 8.61. The van der Waals surface area contributed by atoms with E-state index < -0.39 is 15.1 Å². The van der Waals surface area contributed by atoms with Gasteiger partial charge in [-0.2, -0.15) is 0 Å². The molecule has 1 aliphatic heterocycles. The number of carbonyl (C=O) groups excluding carboxylic acids is 1. The normalized spacial score (nSPS) is 25.6. The minimum Gasteiger partial charge on any atom is -0.294 e. The molecular weight excluding hydrogens is 208 g/mol. The van der Waals surface area contributed by atoms with Gasteiger partial charge in [0.1, 0.15) is 4.21 Å². The number of rotatable bonds is 0. The lowest BCUT2D eigenvalue weighted by atomic mass is 10.1. The van der Waals surface area contributed by atoms with E-state index in [-0.39, 0.29) is 16.4 Å². The van der Waals surface area contributed by atoms with Gasteiger partial charge in [-0.15, -0.1) is 11.3 Å². The average molecular weight is 216 g/mol. The lowest BCUT2D eigenvalue weighted by molar-refractivity contribution is 0.0977. The molecule has 1 aliphatic rings. The number of sulfone groups is 1. The average Bonchev–Trinajstić information content (AvgIpc) is 2.49. The Morgan fingerprint density at radius 2 is 2.23 bits per heavy atom. The van der Waals surface area contributed by atoms with Crippen LogP contribution in [0.1, 0.15) is 23.7 Å². The lowest BCUT2D eigenvalue weighted by Crippen LogP contribution is -2.27. The Labute approximate surface area is 80.3 Å². The summed E-state index contributed by atoms with van der Waals surface area (Å²) in [6.07, 6.45) is 0.117. The number of carbonyl (C=O) groups is 1. The highest BCUT2D eigenvalue weighted by Gasteiger charge is 2.36. The van der Waals surface area contributed by atoms with Crippen molar-refractivity contribution in [2.75, 3.05) is 0 Å². The molecule has 0 amide bonds. The summed E-state index contributed by atoms with van der Waals surface area (Å²) in [5.41, 5.74) is 0.378. The molecule has 2 rings (SSSR count). The lowest BCUT2D eigenvalue weighted by Gasteiger charge is -2.17. The summed E-state index contributed by atoms with van der Waals surface area (Å²) in [5.74, 6) is -0.0569. The van der Waals surface area contributed by atoms with Crippen molar-refractivity contribution in [3.63, 3.8) is 0 Å². The van der Waals surface area contributed by atoms with Crippen molar-refractivity contribution in [3.05, 3.63) is 17.0 Å². The molecule has 0 N–H and O–H groups in total. The Balaban J connectivity index is 2.73. The summed E-state index contributed by atoms with van der Waals surface area (Å²) in [4.78, 5) is 11.4. The van der Waals surface area contributed by atoms with Gasteiger partial charge in [0.05, 0.1) is 5.25 Å². The molecule has 0 spiro atoms. The molecule has 0 saturated heterocycles. The highest BCUT2D eigenvalue weighted by atomic mass is 32.2. The molecule has 13 heavy (non-hydrogen) atoms. The Hall–Kier alpha value is -0.680. The van der Waals surface area contributed by atoms with Crippen molar-refractivity contribution >= 4 is 27.0 Å². The molecule has 70 valence electrons. The maximum atomic E-state index is 11.7. The van der Waals surface area contributed by atoms with Gasteiger partial charge in [0.15, 0.2) is 15.6 Å². The largest absolute Gasteiger partial charge is 0.294 e. The van der Waals surface area contributed by atoms with Crippen molar-refractivity contribution in [3.8, 4) is 0 Å². The molecular formula is C8H8O3S2. The second-order valence-corrected chi connectivity index (χ2v) is 6.58. The molecule has 0 aliphatic carbocycles. The maximum absolute atomic E-state index is 11.7. The summed E-state index contributed by atoms with van der Waals surface area (Å²) in [6, 6.07) is 1.59. The van der Waals surface area contributed by atoms with Gasteiger partial charge in [-0.05, 0) is 18.4 Å². The highest BCUT2D eigenvalue weighted by Crippen LogP contribution is 2.33. The van der Waals surface area contributed by atoms with Crippen molar-refractivity contribution in [1.29, 1.82) is 0 Å². The monoisotopic (exact) mass is 216 g/mol. The summed E-state index contributed by atoms with van der Waals surface area (Å²) in [7, 11) is -3.21. The van der Waals surface area contributed by atoms with Crippen molar-refractivity contribution in [2.45, 2.75) is 22.8 Å². The van der Waals surface area contributed by atoms with E-state index >= 15 is 0 Å². The molecule has 1 aromatic heterocycles. The van der Waals surface area contributed by atoms with Crippen LogP contribution in [0.5, 0.6) is 0 Å². The standard InChI is InChI=1S/C8H8O3S2/c1-5-4-7(9)6-2-3-12-8(6)13(5,10)11/h2-3,5H,4H2,1H3/t5-/m0/s1. The molecule has 0 unspecified atom stereocenters. The number of fused-ring (bicyclic) bond motifs is 1. The Kier molecular flexibility index (Phi) is 1.82. The van der Waals surface area contributed by atoms with Crippen LogP contribution in [0.2, 0.25) is 0 Å². The second kappa shape index (κ2) is 2.65. The third-order valence-corrected chi connectivity index (χ3v) is 5.85. The SMILES string of the molecule is C[C@H]1CC(=O)c2ccsc2S1(=O)=O. The first-order valence-electron chi connectivity index (χ1n) is 3.88. The minimum atomic E-state index is -3.21. The fraction of sp³-hybridized carbons (Fsp3) is 0.375. The fourth-order valence-corrected chi connectivity index (χ4v) is 4.44. The zero-order chi connectivity index (χ0) is 9.64. The van der Waals surface area contributed by atoms with E-state index in [4.69, 9.17) is 0 Å². The Morgan fingerprint density at radius 3 is 2.92 bits per heavy atom. The van der Waals surface area contributed by atoms with E-state index in [2.05, 4.69) is 0 Å². The van der Waals surface area contributed by atoms with Gasteiger partial charge < -0.3 is 0 Å². The maximum Gasteiger partial charge on any atom is 0.191 e. The molecule has 0 aromatic carbocycles. The van der Waals surface area contributed by atoms with Gasteiger partial charge in [0, 0.05) is 12.0 Å². The van der Waals surface area contributed by atoms with E-state index in [0.29, 0.717) is 5.56 Å². The van der Waals surface area contributed by atoms with E-state index in [9.17, 15) is 13.2 Å². The van der Waals surface area contributed by atoms with Gasteiger partial charge in [-0.3, -0.25) is 4.79 Å². The Bertz CT molecular complexity index is 455. The number of hydrogen-bond acceptors (Lipinski definition) is 4. The molecule has 1 atom stereocenters. The van der Waals surface area contributed by atoms with Crippen LogP contribution in [0.15, 0.2) is 15.7 Å². The van der Waals surface area contributed by atoms with Crippen LogP contribution in [-0.4, -0.2) is 19.5 Å². The third-order valence-electron chi connectivity index (χ3n) is 2.19. The highest BCUT2D eigenvalue weighted by molar-refractivity contribution is 7.94. The molecule has 5 heteroatoms. The summed E-state index contributed by atoms with van der Waals surface area (Å²) in [5, 5.41) is 1.09. The van der Waals surface area contributed by atoms with Gasteiger partial charge >= 0.3 is 0 Å². The van der Waals surface area contributed by atoms with Gasteiger partial charge in [-0.25, -0.2) is 8.42 Å². The number of thiophene rings is 1. The van der Waals surface area contributed by atoms with Gasteiger partial charge in [-0.1, -0.05) is 0 Å². The zero-order valence-electron chi connectivity index (χ0n) is 6.98. The first-order chi connectivity index (χ1) is 6.03. The fourth-order valence-electron chi connectivity index (χ4n) is 1.39. The topological polar surface area (TPSA) is 51.2 Å². The molecule has 0 radical (unpaired) electrons. The summed E-state index contributed by atoms with van der Waals surface area (Å²) < 4.78 is 23.6. The number of hydrogen-bond donors (Lipinski definition) is 0. The van der Waals surface area contributed by atoms with Crippen molar-refractivity contribution in [1.82, 2.24) is 0 Å². The van der Waals surface area contributed by atoms with Crippen LogP contribution in [0.25, 0.3) is 0 Å². The van der Waals surface area contributed by atoms with E-state index in [1.807, 2.05) is 0 Å². The van der Waals surface area contributed by atoms with Crippen LogP contribution in [0, 0.1) is 0 Å². The van der Waals surface area contributed by atoms with Gasteiger partial charge in [0.2, 0.25) is 0 Å². The molecule has 0 fully saturated rings. The van der Waals surface area contributed by atoms with Gasteiger partial charge in [0.25, 0.3) is 0 Å². The van der Waals surface area contributed by atoms with Crippen molar-refractivity contribution in [2.24, 2.45) is 0 Å². The minimum absolute atomic E-state index is 0.0569. The first kappa shape index (κ1) is 8.90. The van der Waals surface area contributed by atoms with E-state index in [1.54, 1.807) is 18.4 Å². The molecule has 0 bridgehead atoms. The summed E-state index contributed by atoms with van der Waals surface area (Å²) >= 11 is 1.13. The molecule has 0 saturated carbocycles. The van der Waals surface area contributed by atoms with Crippen molar-refractivity contribution < 1.29 is 13.2 Å². The predicted molar refractivity (Wildman–Crippen MR) is 49.9 cm³/mol. The van der Waals surface area contributed by atoms with E-state index in [1.165, 1.54) is 0 Å². The smallest absolute Gasteiger partial charge is 0.191 e. The summed E-state index contributed by atoms with van der Waals surface area (Å²) in [6.45, 7) is 1.58. The van der Waals surface area contributed by atoms with Crippen LogP contribution in [0.3, 0.4) is 0 Å². The Morgan fingerprint density at radius 1 is 1.54 bits per heavy atom. The van der Waals surface area contributed by atoms with Crippen LogP contribution < -0.4 is 0 Å². The van der Waals surface area contributed by atoms with E-state index in [0.717, 1.165) is 11.3 Å². The molecule has 2 heterocycles. The van der Waals surface area contributed by atoms with Crippen LogP contribution >= 0.6 is 11.3 Å². The number of ketones is 1.